The first-order valence-electron chi connectivity index (χ1n) is 7.25. The van der Waals surface area contributed by atoms with Crippen molar-refractivity contribution in [3.63, 3.8) is 0 Å². The van der Waals surface area contributed by atoms with Crippen LogP contribution in [0, 0.1) is 11.5 Å². The number of hydrogen-bond donors (Lipinski definition) is 0. The molecule has 3 rings (SSSR count). The van der Waals surface area contributed by atoms with E-state index in [9.17, 15) is 4.79 Å². The normalized spacial score (nSPS) is 17.1. The van der Waals surface area contributed by atoms with E-state index >= 15 is 0 Å². The summed E-state index contributed by atoms with van der Waals surface area (Å²) in [5, 5.41) is 12.3. The Kier molecular flexibility index (Phi) is 4.51. The van der Waals surface area contributed by atoms with Gasteiger partial charge >= 0.3 is 0 Å². The van der Waals surface area contributed by atoms with Crippen LogP contribution in [0.15, 0.2) is 29.6 Å². The van der Waals surface area contributed by atoms with Crippen molar-refractivity contribution < 1.29 is 4.79 Å². The van der Waals surface area contributed by atoms with E-state index in [4.69, 9.17) is 16.9 Å². The lowest BCUT2D eigenvalue weighted by atomic mass is 10.2. The number of anilines is 1. The van der Waals surface area contributed by atoms with Gasteiger partial charge in [0.1, 0.15) is 6.04 Å². The zero-order valence-corrected chi connectivity index (χ0v) is 14.1. The van der Waals surface area contributed by atoms with Crippen molar-refractivity contribution >= 4 is 34.0 Å². The average Bonchev–Trinajstić information content (AvgIpc) is 3.23. The van der Waals surface area contributed by atoms with E-state index in [-0.39, 0.29) is 11.9 Å². The summed E-state index contributed by atoms with van der Waals surface area (Å²) < 4.78 is 0. The SMILES string of the molecule is CN(C(=O)C1CCCN1C#N)c1nc(-c2ccc(Cl)cc2)cs1. The van der Waals surface area contributed by atoms with Crippen molar-refractivity contribution in [1.82, 2.24) is 9.88 Å². The Labute approximate surface area is 143 Å². The van der Waals surface area contributed by atoms with Gasteiger partial charge in [0.05, 0.1) is 5.69 Å². The quantitative estimate of drug-likeness (QED) is 0.799. The second-order valence-corrected chi connectivity index (χ2v) is 6.64. The van der Waals surface area contributed by atoms with Gasteiger partial charge in [-0.2, -0.15) is 5.26 Å². The number of aromatic nitrogens is 1. The van der Waals surface area contributed by atoms with Crippen molar-refractivity contribution in [3.05, 3.63) is 34.7 Å². The topological polar surface area (TPSA) is 60.2 Å². The number of hydrogen-bond acceptors (Lipinski definition) is 5. The Morgan fingerprint density at radius 3 is 2.91 bits per heavy atom. The molecule has 1 aromatic carbocycles. The number of benzene rings is 1. The largest absolute Gasteiger partial charge is 0.298 e. The van der Waals surface area contributed by atoms with Crippen LogP contribution in [0.25, 0.3) is 11.3 Å². The minimum absolute atomic E-state index is 0.0824. The molecule has 2 heterocycles. The maximum Gasteiger partial charge on any atom is 0.251 e. The smallest absolute Gasteiger partial charge is 0.251 e. The van der Waals surface area contributed by atoms with Crippen LogP contribution in [0.4, 0.5) is 5.13 Å². The highest BCUT2D eigenvalue weighted by atomic mass is 35.5. The average molecular weight is 347 g/mol. The number of carbonyl (C=O) groups is 1. The standard InChI is InChI=1S/C16H15ClN4OS/c1-20(15(22)14-3-2-8-21(14)10-18)16-19-13(9-23-16)11-4-6-12(17)7-5-11/h4-7,9,14H,2-3,8H2,1H3. The predicted octanol–water partition coefficient (Wildman–Crippen LogP) is 3.37. The van der Waals surface area contributed by atoms with Gasteiger partial charge in [-0.05, 0) is 25.0 Å². The number of rotatable bonds is 3. The molecule has 0 radical (unpaired) electrons. The first kappa shape index (κ1) is 15.8. The van der Waals surface area contributed by atoms with Crippen LogP contribution in [0.3, 0.4) is 0 Å². The predicted molar refractivity (Wildman–Crippen MR) is 91.3 cm³/mol. The molecular formula is C16H15ClN4OS. The number of nitrogens with zero attached hydrogens (tertiary/aromatic N) is 4. The lowest BCUT2D eigenvalue weighted by Crippen LogP contribution is -2.42. The third kappa shape index (κ3) is 3.16. The van der Waals surface area contributed by atoms with Gasteiger partial charge in [-0.25, -0.2) is 4.98 Å². The summed E-state index contributed by atoms with van der Waals surface area (Å²) in [6.45, 7) is 0.647. The first-order valence-corrected chi connectivity index (χ1v) is 8.51. The summed E-state index contributed by atoms with van der Waals surface area (Å²) in [6, 6.07) is 7.06. The monoisotopic (exact) mass is 346 g/mol. The Bertz CT molecular complexity index is 752. The molecule has 2 aromatic rings. The molecule has 0 saturated carbocycles. The van der Waals surface area contributed by atoms with E-state index in [1.165, 1.54) is 11.3 Å². The molecule has 1 unspecified atom stereocenters. The van der Waals surface area contributed by atoms with Crippen molar-refractivity contribution in [2.24, 2.45) is 0 Å². The minimum atomic E-state index is -0.368. The second-order valence-electron chi connectivity index (χ2n) is 5.37. The number of likely N-dealkylation sites (N-methyl/N-ethyl adjacent to an activating group) is 1. The third-order valence-corrected chi connectivity index (χ3v) is 5.08. The third-order valence-electron chi connectivity index (χ3n) is 3.92. The van der Waals surface area contributed by atoms with Crippen LogP contribution >= 0.6 is 22.9 Å². The fourth-order valence-corrected chi connectivity index (χ4v) is 3.56. The molecule has 118 valence electrons. The van der Waals surface area contributed by atoms with E-state index in [0.29, 0.717) is 23.1 Å². The minimum Gasteiger partial charge on any atom is -0.298 e. The summed E-state index contributed by atoms with van der Waals surface area (Å²) >= 11 is 7.31. The molecule has 23 heavy (non-hydrogen) atoms. The molecule has 1 amide bonds. The number of nitriles is 1. The van der Waals surface area contributed by atoms with E-state index in [0.717, 1.165) is 17.7 Å². The van der Waals surface area contributed by atoms with Crippen LogP contribution in [-0.4, -0.2) is 35.4 Å². The van der Waals surface area contributed by atoms with Crippen molar-refractivity contribution in [1.29, 1.82) is 5.26 Å². The van der Waals surface area contributed by atoms with E-state index in [2.05, 4.69) is 11.2 Å². The Balaban J connectivity index is 1.78. The summed E-state index contributed by atoms with van der Waals surface area (Å²) in [7, 11) is 1.71. The Morgan fingerprint density at radius 1 is 1.48 bits per heavy atom. The molecule has 1 aliphatic heterocycles. The van der Waals surface area contributed by atoms with Crippen LogP contribution in [0.1, 0.15) is 12.8 Å². The van der Waals surface area contributed by atoms with E-state index < -0.39 is 0 Å². The summed E-state index contributed by atoms with van der Waals surface area (Å²) in [5.74, 6) is -0.0824. The highest BCUT2D eigenvalue weighted by Gasteiger charge is 2.33. The van der Waals surface area contributed by atoms with Crippen molar-refractivity contribution in [2.45, 2.75) is 18.9 Å². The molecule has 0 aliphatic carbocycles. The number of halogens is 1. The fourth-order valence-electron chi connectivity index (χ4n) is 2.63. The van der Waals surface area contributed by atoms with Gasteiger partial charge in [-0.3, -0.25) is 14.6 Å². The summed E-state index contributed by atoms with van der Waals surface area (Å²) in [5.41, 5.74) is 1.77. The van der Waals surface area contributed by atoms with Gasteiger partial charge in [-0.1, -0.05) is 23.7 Å². The molecular weight excluding hydrogens is 332 g/mol. The zero-order valence-electron chi connectivity index (χ0n) is 12.6. The molecule has 1 atom stereocenters. The van der Waals surface area contributed by atoms with Crippen LogP contribution in [0.5, 0.6) is 0 Å². The van der Waals surface area contributed by atoms with E-state index in [1.54, 1.807) is 16.8 Å². The van der Waals surface area contributed by atoms with Gasteiger partial charge in [0.15, 0.2) is 11.3 Å². The van der Waals surface area contributed by atoms with E-state index in [1.807, 2.05) is 29.6 Å². The molecule has 1 fully saturated rings. The first-order chi connectivity index (χ1) is 11.1. The highest BCUT2D eigenvalue weighted by molar-refractivity contribution is 7.14. The molecule has 0 bridgehead atoms. The molecule has 1 saturated heterocycles. The van der Waals surface area contributed by atoms with Gasteiger partial charge < -0.3 is 0 Å². The number of likely N-dealkylation sites (tertiary alicyclic amines) is 1. The van der Waals surface area contributed by atoms with Crippen molar-refractivity contribution in [3.8, 4) is 17.5 Å². The molecule has 0 spiro atoms. The Morgan fingerprint density at radius 2 is 2.22 bits per heavy atom. The lowest BCUT2D eigenvalue weighted by molar-refractivity contribution is -0.121. The van der Waals surface area contributed by atoms with Gasteiger partial charge in [0.25, 0.3) is 5.91 Å². The van der Waals surface area contributed by atoms with Gasteiger partial charge in [0.2, 0.25) is 0 Å². The van der Waals surface area contributed by atoms with Crippen LogP contribution in [-0.2, 0) is 4.79 Å². The Hall–Kier alpha value is -2.10. The van der Waals surface area contributed by atoms with Crippen LogP contribution < -0.4 is 4.90 Å². The number of amides is 1. The summed E-state index contributed by atoms with van der Waals surface area (Å²) in [4.78, 5) is 20.2. The zero-order chi connectivity index (χ0) is 16.4. The van der Waals surface area contributed by atoms with Gasteiger partial charge in [-0.15, -0.1) is 11.3 Å². The van der Waals surface area contributed by atoms with Crippen LogP contribution in [0.2, 0.25) is 5.02 Å². The fraction of sp³-hybridized carbons (Fsp3) is 0.312. The number of thiazole rings is 1. The lowest BCUT2D eigenvalue weighted by Gasteiger charge is -2.22. The highest BCUT2D eigenvalue weighted by Crippen LogP contribution is 2.29. The second kappa shape index (κ2) is 6.57. The van der Waals surface area contributed by atoms with Crippen molar-refractivity contribution in [2.75, 3.05) is 18.5 Å². The maximum atomic E-state index is 12.6. The molecule has 1 aromatic heterocycles. The summed E-state index contributed by atoms with van der Waals surface area (Å²) in [6.07, 6.45) is 3.68. The molecule has 1 aliphatic rings. The maximum absolute atomic E-state index is 12.6. The number of carbonyl (C=O) groups excluding carboxylic acids is 1. The molecule has 5 nitrogen and oxygen atoms in total. The molecule has 0 N–H and O–H groups in total. The van der Waals surface area contributed by atoms with Gasteiger partial charge in [0, 0.05) is 29.6 Å². The molecule has 7 heteroatoms.